The Morgan fingerprint density at radius 1 is 1.03 bits per heavy atom. The molecule has 1 atom stereocenters. The van der Waals surface area contributed by atoms with E-state index >= 15 is 0 Å². The second-order valence-electron chi connectivity index (χ2n) is 8.00. The Hall–Kier alpha value is -3.96. The molecule has 0 aliphatic heterocycles. The molecule has 3 aromatic carbocycles. The van der Waals surface area contributed by atoms with Crippen LogP contribution in [0.4, 0.5) is 11.4 Å². The molecule has 3 aromatic rings. The zero-order valence-corrected chi connectivity index (χ0v) is 21.6. The first-order chi connectivity index (χ1) is 17.6. The predicted molar refractivity (Wildman–Crippen MR) is 140 cm³/mol. The molecule has 12 heteroatoms. The number of nitro benzene ring substituents is 1. The number of halogens is 1. The van der Waals surface area contributed by atoms with Crippen LogP contribution >= 0.6 is 11.6 Å². The van der Waals surface area contributed by atoms with Crippen LogP contribution in [0.15, 0.2) is 83.8 Å². The van der Waals surface area contributed by atoms with Crippen molar-refractivity contribution in [3.8, 4) is 0 Å². The zero-order valence-electron chi connectivity index (χ0n) is 20.1. The molecule has 0 aliphatic rings. The number of non-ortho nitro benzene ring substituents is 1. The Labute approximate surface area is 219 Å². The largest absolute Gasteiger partial charge is 0.357 e. The van der Waals surface area contributed by atoms with Gasteiger partial charge in [0, 0.05) is 30.7 Å². The van der Waals surface area contributed by atoms with E-state index in [0.29, 0.717) is 10.6 Å². The van der Waals surface area contributed by atoms with Crippen molar-refractivity contribution in [1.82, 2.24) is 10.2 Å². The van der Waals surface area contributed by atoms with Gasteiger partial charge in [-0.3, -0.25) is 24.0 Å². The molecule has 194 valence electrons. The highest BCUT2D eigenvalue weighted by Crippen LogP contribution is 2.28. The first kappa shape index (κ1) is 27.6. The highest BCUT2D eigenvalue weighted by atomic mass is 35.5. The van der Waals surface area contributed by atoms with Crippen molar-refractivity contribution in [3.63, 3.8) is 0 Å². The van der Waals surface area contributed by atoms with E-state index in [4.69, 9.17) is 11.6 Å². The number of nitro groups is 1. The quantitative estimate of drug-likeness (QED) is 0.306. The zero-order chi connectivity index (χ0) is 27.2. The molecule has 37 heavy (non-hydrogen) atoms. The predicted octanol–water partition coefficient (Wildman–Crippen LogP) is 3.61. The Balaban J connectivity index is 2.08. The van der Waals surface area contributed by atoms with Gasteiger partial charge >= 0.3 is 0 Å². The molecule has 0 spiro atoms. The van der Waals surface area contributed by atoms with E-state index in [1.54, 1.807) is 30.3 Å². The summed E-state index contributed by atoms with van der Waals surface area (Å²) in [7, 11) is -2.90. The van der Waals surface area contributed by atoms with E-state index in [9.17, 15) is 28.1 Å². The maximum atomic E-state index is 13.7. The smallest absolute Gasteiger partial charge is 0.271 e. The molecule has 0 heterocycles. The fourth-order valence-corrected chi connectivity index (χ4v) is 5.23. The number of hydrogen-bond donors (Lipinski definition) is 1. The molecule has 0 radical (unpaired) electrons. The molecular weight excluding hydrogens is 520 g/mol. The van der Waals surface area contributed by atoms with Crippen LogP contribution in [-0.4, -0.2) is 49.7 Å². The molecule has 0 aliphatic carbocycles. The van der Waals surface area contributed by atoms with Gasteiger partial charge in [-0.15, -0.1) is 0 Å². The second-order valence-corrected chi connectivity index (χ2v) is 10.3. The fraction of sp³-hybridized carbons (Fsp3) is 0.200. The van der Waals surface area contributed by atoms with Crippen molar-refractivity contribution in [2.75, 3.05) is 17.9 Å². The van der Waals surface area contributed by atoms with Crippen LogP contribution in [-0.2, 0) is 26.2 Å². The average molecular weight is 545 g/mol. The van der Waals surface area contributed by atoms with E-state index in [2.05, 4.69) is 5.32 Å². The molecule has 0 bridgehead atoms. The molecule has 1 N–H and O–H groups in total. The lowest BCUT2D eigenvalue weighted by atomic mass is 10.1. The lowest BCUT2D eigenvalue weighted by Crippen LogP contribution is -2.50. The topological polar surface area (TPSA) is 130 Å². The van der Waals surface area contributed by atoms with Gasteiger partial charge in [0.15, 0.2) is 0 Å². The minimum atomic E-state index is -4.32. The summed E-state index contributed by atoms with van der Waals surface area (Å²) in [6, 6.07) is 18.2. The van der Waals surface area contributed by atoms with Crippen LogP contribution in [0.2, 0.25) is 5.02 Å². The molecule has 3 rings (SSSR count). The molecule has 0 saturated heterocycles. The molecule has 10 nitrogen and oxygen atoms in total. The van der Waals surface area contributed by atoms with Gasteiger partial charge < -0.3 is 10.2 Å². The number of anilines is 1. The molecular formula is C25H25ClN4O6S. The van der Waals surface area contributed by atoms with Crippen LogP contribution in [0, 0.1) is 10.1 Å². The minimum Gasteiger partial charge on any atom is -0.357 e. The number of likely N-dealkylation sites (N-methyl/N-ethyl adjacent to an activating group) is 1. The minimum absolute atomic E-state index is 0.0682. The Kier molecular flexibility index (Phi) is 8.85. The van der Waals surface area contributed by atoms with E-state index in [1.807, 2.05) is 0 Å². The van der Waals surface area contributed by atoms with Crippen molar-refractivity contribution in [1.29, 1.82) is 0 Å². The summed E-state index contributed by atoms with van der Waals surface area (Å²) in [5, 5.41) is 14.2. The van der Waals surface area contributed by atoms with Gasteiger partial charge in [0.2, 0.25) is 11.8 Å². The van der Waals surface area contributed by atoms with Crippen molar-refractivity contribution >= 4 is 44.8 Å². The number of rotatable bonds is 10. The monoisotopic (exact) mass is 544 g/mol. The van der Waals surface area contributed by atoms with Gasteiger partial charge in [-0.2, -0.15) is 0 Å². The third-order valence-electron chi connectivity index (χ3n) is 5.65. The number of carbonyl (C=O) groups excluding carboxylic acids is 2. The van der Waals surface area contributed by atoms with Gasteiger partial charge in [-0.05, 0) is 36.8 Å². The molecule has 0 saturated carbocycles. The number of benzene rings is 3. The van der Waals surface area contributed by atoms with Crippen molar-refractivity contribution in [3.05, 3.63) is 99.6 Å². The number of hydrogen-bond acceptors (Lipinski definition) is 6. The number of sulfonamides is 1. The Morgan fingerprint density at radius 2 is 1.68 bits per heavy atom. The highest BCUT2D eigenvalue weighted by Gasteiger charge is 2.33. The summed E-state index contributed by atoms with van der Waals surface area (Å²) >= 11 is 6.28. The second kappa shape index (κ2) is 11.8. The van der Waals surface area contributed by atoms with Crippen LogP contribution in [0.1, 0.15) is 12.5 Å². The lowest BCUT2D eigenvalue weighted by Gasteiger charge is -2.31. The van der Waals surface area contributed by atoms with E-state index < -0.39 is 39.3 Å². The summed E-state index contributed by atoms with van der Waals surface area (Å²) in [5.41, 5.74) is 0.141. The van der Waals surface area contributed by atoms with E-state index in [-0.39, 0.29) is 22.8 Å². The first-order valence-corrected chi connectivity index (χ1v) is 12.9. The van der Waals surface area contributed by atoms with Crippen LogP contribution in [0.3, 0.4) is 0 Å². The summed E-state index contributed by atoms with van der Waals surface area (Å²) in [6.07, 6.45) is 0. The third kappa shape index (κ3) is 6.43. The van der Waals surface area contributed by atoms with E-state index in [1.165, 1.54) is 61.3 Å². The van der Waals surface area contributed by atoms with E-state index in [0.717, 1.165) is 10.4 Å². The summed E-state index contributed by atoms with van der Waals surface area (Å²) in [4.78, 5) is 38.0. The van der Waals surface area contributed by atoms with Crippen molar-refractivity contribution in [2.24, 2.45) is 0 Å². The Bertz CT molecular complexity index is 1400. The van der Waals surface area contributed by atoms with Gasteiger partial charge in [0.1, 0.15) is 12.6 Å². The average Bonchev–Trinajstić information content (AvgIpc) is 2.90. The van der Waals surface area contributed by atoms with Crippen LogP contribution < -0.4 is 9.62 Å². The first-order valence-electron chi connectivity index (χ1n) is 11.1. The van der Waals surface area contributed by atoms with Crippen LogP contribution in [0.25, 0.3) is 0 Å². The fourth-order valence-electron chi connectivity index (χ4n) is 3.61. The number of carbonyl (C=O) groups is 2. The maximum absolute atomic E-state index is 13.7. The molecule has 0 fully saturated rings. The third-order valence-corrected chi connectivity index (χ3v) is 7.81. The number of nitrogens with one attached hydrogen (secondary N) is 1. The number of nitrogens with zero attached hydrogens (tertiary/aromatic N) is 3. The normalized spacial score (nSPS) is 11.9. The SMILES string of the molecule is CNC(=O)[C@H](C)N(Cc1ccccc1Cl)C(=O)CN(c1cccc([N+](=O)[O-])c1)S(=O)(=O)c1ccccc1. The standard InChI is InChI=1S/C25H25ClN4O6S/c1-18(25(32)27-2)28(16-19-9-6-7-14-23(19)26)24(31)17-29(20-10-8-11-21(15-20)30(33)34)37(35,36)22-12-4-3-5-13-22/h3-15,18H,16-17H2,1-2H3,(H,27,32)/t18-/m0/s1. The number of amides is 2. The van der Waals surface area contributed by atoms with Crippen molar-refractivity contribution in [2.45, 2.75) is 24.4 Å². The Morgan fingerprint density at radius 3 is 2.30 bits per heavy atom. The van der Waals surface area contributed by atoms with Crippen LogP contribution in [0.5, 0.6) is 0 Å². The maximum Gasteiger partial charge on any atom is 0.271 e. The summed E-state index contributed by atoms with van der Waals surface area (Å²) in [6.45, 7) is 0.725. The van der Waals surface area contributed by atoms with Gasteiger partial charge in [-0.1, -0.05) is 54.1 Å². The molecule has 0 unspecified atom stereocenters. The highest BCUT2D eigenvalue weighted by molar-refractivity contribution is 7.92. The molecule has 2 amide bonds. The van der Waals surface area contributed by atoms with Gasteiger partial charge in [0.05, 0.1) is 15.5 Å². The lowest BCUT2D eigenvalue weighted by molar-refractivity contribution is -0.384. The molecule has 0 aromatic heterocycles. The van der Waals surface area contributed by atoms with Crippen molar-refractivity contribution < 1.29 is 22.9 Å². The van der Waals surface area contributed by atoms with Gasteiger partial charge in [0.25, 0.3) is 15.7 Å². The summed E-state index contributed by atoms with van der Waals surface area (Å²) < 4.78 is 28.1. The van der Waals surface area contributed by atoms with Gasteiger partial charge in [-0.25, -0.2) is 8.42 Å². The summed E-state index contributed by atoms with van der Waals surface area (Å²) in [5.74, 6) is -1.17.